The molecule has 1 aromatic rings. The van der Waals surface area contributed by atoms with Crippen LogP contribution in [0.1, 0.15) is 4.88 Å². The standard InChI is InChI=1S/C7H11N3O2S/c1-12-6(11)4-10-7-9-3-5(2-8)13-7/h3H,2,4,8H2,1H3,(H,9,10). The molecule has 0 atom stereocenters. The highest BCUT2D eigenvalue weighted by molar-refractivity contribution is 7.15. The number of aromatic nitrogens is 1. The number of thiazole rings is 1. The first-order valence-electron chi connectivity index (χ1n) is 3.71. The van der Waals surface area contributed by atoms with E-state index in [9.17, 15) is 4.79 Å². The van der Waals surface area contributed by atoms with Crippen LogP contribution >= 0.6 is 11.3 Å². The lowest BCUT2D eigenvalue weighted by Gasteiger charge is -1.99. The number of hydrogen-bond acceptors (Lipinski definition) is 6. The summed E-state index contributed by atoms with van der Waals surface area (Å²) < 4.78 is 4.46. The van der Waals surface area contributed by atoms with Crippen molar-refractivity contribution in [3.05, 3.63) is 11.1 Å². The molecule has 0 bridgehead atoms. The maximum atomic E-state index is 10.7. The summed E-state index contributed by atoms with van der Waals surface area (Å²) in [4.78, 5) is 15.7. The number of anilines is 1. The van der Waals surface area contributed by atoms with Crippen molar-refractivity contribution in [2.24, 2.45) is 5.73 Å². The molecule has 1 aromatic heterocycles. The number of ether oxygens (including phenoxy) is 1. The molecule has 0 fully saturated rings. The smallest absolute Gasteiger partial charge is 0.325 e. The van der Waals surface area contributed by atoms with Crippen molar-refractivity contribution in [3.63, 3.8) is 0 Å². The molecule has 0 aliphatic carbocycles. The van der Waals surface area contributed by atoms with E-state index in [0.717, 1.165) is 4.88 Å². The molecule has 13 heavy (non-hydrogen) atoms. The molecule has 0 amide bonds. The van der Waals surface area contributed by atoms with Crippen molar-refractivity contribution >= 4 is 22.4 Å². The lowest BCUT2D eigenvalue weighted by atomic mass is 10.6. The summed E-state index contributed by atoms with van der Waals surface area (Å²) in [5, 5.41) is 3.51. The number of hydrogen-bond donors (Lipinski definition) is 2. The van der Waals surface area contributed by atoms with Crippen LogP contribution in [0.5, 0.6) is 0 Å². The summed E-state index contributed by atoms with van der Waals surface area (Å²) in [7, 11) is 1.34. The Balaban J connectivity index is 2.41. The van der Waals surface area contributed by atoms with Crippen molar-refractivity contribution in [2.45, 2.75) is 6.54 Å². The second-order valence-corrected chi connectivity index (χ2v) is 3.38. The van der Waals surface area contributed by atoms with Gasteiger partial charge in [0.05, 0.1) is 7.11 Å². The third kappa shape index (κ3) is 3.00. The molecule has 1 heterocycles. The van der Waals surface area contributed by atoms with Gasteiger partial charge in [-0.1, -0.05) is 0 Å². The highest BCUT2D eigenvalue weighted by Gasteiger charge is 2.02. The molecule has 0 spiro atoms. The van der Waals surface area contributed by atoms with Crippen LogP contribution in [0.25, 0.3) is 0 Å². The minimum atomic E-state index is -0.315. The van der Waals surface area contributed by atoms with Gasteiger partial charge in [0.2, 0.25) is 0 Å². The minimum absolute atomic E-state index is 0.133. The minimum Gasteiger partial charge on any atom is -0.468 e. The van der Waals surface area contributed by atoms with E-state index in [4.69, 9.17) is 5.73 Å². The predicted molar refractivity (Wildman–Crippen MR) is 50.5 cm³/mol. The molecule has 0 aliphatic rings. The lowest BCUT2D eigenvalue weighted by Crippen LogP contribution is -2.14. The van der Waals surface area contributed by atoms with Crippen LogP contribution in [0.2, 0.25) is 0 Å². The average Bonchev–Trinajstić information content (AvgIpc) is 2.61. The molecular formula is C7H11N3O2S. The van der Waals surface area contributed by atoms with Crippen LogP contribution in [0.15, 0.2) is 6.20 Å². The number of carbonyl (C=O) groups is 1. The quantitative estimate of drug-likeness (QED) is 0.680. The third-order valence-corrected chi connectivity index (χ3v) is 2.34. The highest BCUT2D eigenvalue weighted by atomic mass is 32.1. The van der Waals surface area contributed by atoms with Gasteiger partial charge >= 0.3 is 5.97 Å². The van der Waals surface area contributed by atoms with Gasteiger partial charge in [0.15, 0.2) is 5.13 Å². The van der Waals surface area contributed by atoms with Crippen LogP contribution in [-0.4, -0.2) is 24.6 Å². The SMILES string of the molecule is COC(=O)CNc1ncc(CN)s1. The van der Waals surface area contributed by atoms with E-state index >= 15 is 0 Å². The zero-order chi connectivity index (χ0) is 9.68. The van der Waals surface area contributed by atoms with E-state index < -0.39 is 0 Å². The lowest BCUT2D eigenvalue weighted by molar-refractivity contribution is -0.138. The van der Waals surface area contributed by atoms with Gasteiger partial charge in [0, 0.05) is 17.6 Å². The largest absolute Gasteiger partial charge is 0.468 e. The Labute approximate surface area is 79.9 Å². The number of carbonyl (C=O) groups excluding carboxylic acids is 1. The first-order valence-corrected chi connectivity index (χ1v) is 4.53. The van der Waals surface area contributed by atoms with Crippen molar-refractivity contribution in [1.82, 2.24) is 4.98 Å². The predicted octanol–water partition coefficient (Wildman–Crippen LogP) is 0.187. The molecule has 1 rings (SSSR count). The van der Waals surface area contributed by atoms with Gasteiger partial charge in [-0.25, -0.2) is 4.98 Å². The topological polar surface area (TPSA) is 77.2 Å². The average molecular weight is 201 g/mol. The molecular weight excluding hydrogens is 190 g/mol. The highest BCUT2D eigenvalue weighted by Crippen LogP contribution is 2.16. The molecule has 0 radical (unpaired) electrons. The molecule has 5 nitrogen and oxygen atoms in total. The van der Waals surface area contributed by atoms with Crippen molar-refractivity contribution in [2.75, 3.05) is 19.0 Å². The summed E-state index contributed by atoms with van der Waals surface area (Å²) in [5.41, 5.74) is 5.40. The van der Waals surface area contributed by atoms with Crippen LogP contribution < -0.4 is 11.1 Å². The Morgan fingerprint density at radius 3 is 3.15 bits per heavy atom. The summed E-state index contributed by atoms with van der Waals surface area (Å²) in [6.45, 7) is 0.603. The second kappa shape index (κ2) is 4.78. The fourth-order valence-electron chi connectivity index (χ4n) is 0.704. The first kappa shape index (κ1) is 9.94. The number of nitrogens with one attached hydrogen (secondary N) is 1. The molecule has 0 saturated carbocycles. The van der Waals surface area contributed by atoms with E-state index in [1.54, 1.807) is 6.20 Å². The maximum absolute atomic E-state index is 10.7. The monoisotopic (exact) mass is 201 g/mol. The number of esters is 1. The van der Waals surface area contributed by atoms with Crippen molar-refractivity contribution in [3.8, 4) is 0 Å². The Hall–Kier alpha value is -1.14. The van der Waals surface area contributed by atoms with Crippen LogP contribution in [0.4, 0.5) is 5.13 Å². The zero-order valence-corrected chi connectivity index (χ0v) is 8.06. The van der Waals surface area contributed by atoms with Gasteiger partial charge in [-0.2, -0.15) is 0 Å². The van der Waals surface area contributed by atoms with Crippen LogP contribution in [0, 0.1) is 0 Å². The number of nitrogens with zero attached hydrogens (tertiary/aromatic N) is 1. The Bertz CT molecular complexity index is 287. The maximum Gasteiger partial charge on any atom is 0.325 e. The zero-order valence-electron chi connectivity index (χ0n) is 7.24. The van der Waals surface area contributed by atoms with E-state index in [1.807, 2.05) is 0 Å². The van der Waals surface area contributed by atoms with E-state index in [2.05, 4.69) is 15.0 Å². The first-order chi connectivity index (χ1) is 6.26. The van der Waals surface area contributed by atoms with Crippen LogP contribution in [-0.2, 0) is 16.1 Å². The fourth-order valence-corrected chi connectivity index (χ4v) is 1.39. The fraction of sp³-hybridized carbons (Fsp3) is 0.429. The Kier molecular flexibility index (Phi) is 3.66. The Morgan fingerprint density at radius 1 is 1.85 bits per heavy atom. The molecule has 0 aliphatic heterocycles. The van der Waals surface area contributed by atoms with Gasteiger partial charge in [0.1, 0.15) is 6.54 Å². The van der Waals surface area contributed by atoms with Crippen molar-refractivity contribution in [1.29, 1.82) is 0 Å². The van der Waals surface area contributed by atoms with E-state index in [-0.39, 0.29) is 12.5 Å². The summed E-state index contributed by atoms with van der Waals surface area (Å²) in [5.74, 6) is -0.315. The molecule has 0 aromatic carbocycles. The summed E-state index contributed by atoms with van der Waals surface area (Å²) >= 11 is 1.43. The summed E-state index contributed by atoms with van der Waals surface area (Å²) in [6.07, 6.45) is 1.68. The second-order valence-electron chi connectivity index (χ2n) is 2.27. The van der Waals surface area contributed by atoms with E-state index in [0.29, 0.717) is 11.7 Å². The number of methoxy groups -OCH3 is 1. The molecule has 0 unspecified atom stereocenters. The third-order valence-electron chi connectivity index (χ3n) is 1.37. The van der Waals surface area contributed by atoms with Gasteiger partial charge in [-0.3, -0.25) is 4.79 Å². The van der Waals surface area contributed by atoms with Gasteiger partial charge in [0.25, 0.3) is 0 Å². The summed E-state index contributed by atoms with van der Waals surface area (Å²) in [6, 6.07) is 0. The van der Waals surface area contributed by atoms with Gasteiger partial charge in [-0.05, 0) is 0 Å². The van der Waals surface area contributed by atoms with Crippen molar-refractivity contribution < 1.29 is 9.53 Å². The molecule has 72 valence electrons. The van der Waals surface area contributed by atoms with Crippen LogP contribution in [0.3, 0.4) is 0 Å². The molecule has 6 heteroatoms. The number of nitrogens with two attached hydrogens (primary N) is 1. The van der Waals surface area contributed by atoms with Gasteiger partial charge < -0.3 is 15.8 Å². The normalized spacial score (nSPS) is 9.69. The van der Waals surface area contributed by atoms with E-state index in [1.165, 1.54) is 18.4 Å². The van der Waals surface area contributed by atoms with Gasteiger partial charge in [-0.15, -0.1) is 11.3 Å². The molecule has 0 saturated heterocycles. The molecule has 3 N–H and O–H groups in total. The number of rotatable bonds is 4. The Morgan fingerprint density at radius 2 is 2.62 bits per heavy atom.